The Bertz CT molecular complexity index is 755. The summed E-state index contributed by atoms with van der Waals surface area (Å²) in [5, 5.41) is 14.3. The fraction of sp³-hybridized carbons (Fsp3) is 0.0588. The van der Waals surface area contributed by atoms with Gasteiger partial charge in [-0.3, -0.25) is 0 Å². The van der Waals surface area contributed by atoms with Crippen molar-refractivity contribution in [2.45, 2.75) is 6.42 Å². The SMILES string of the molecule is N#Cc1ccc(NC(=O)Nc2ccc3c(c2)C=CC3)cc1. The monoisotopic (exact) mass is 275 g/mol. The number of carbonyl (C=O) groups excluding carboxylic acids is 1. The van der Waals surface area contributed by atoms with Crippen LogP contribution in [0.1, 0.15) is 16.7 Å². The quantitative estimate of drug-likeness (QED) is 0.876. The fourth-order valence-electron chi connectivity index (χ4n) is 2.25. The zero-order valence-electron chi connectivity index (χ0n) is 11.3. The molecule has 2 N–H and O–H groups in total. The van der Waals surface area contributed by atoms with Crippen molar-refractivity contribution in [1.82, 2.24) is 0 Å². The van der Waals surface area contributed by atoms with E-state index in [0.717, 1.165) is 17.7 Å². The number of hydrogen-bond donors (Lipinski definition) is 2. The third-order valence-electron chi connectivity index (χ3n) is 3.31. The second kappa shape index (κ2) is 5.51. The van der Waals surface area contributed by atoms with Crippen LogP contribution in [0.2, 0.25) is 0 Å². The minimum atomic E-state index is -0.304. The molecule has 21 heavy (non-hydrogen) atoms. The average Bonchev–Trinajstić information content (AvgIpc) is 2.95. The Morgan fingerprint density at radius 2 is 1.76 bits per heavy atom. The summed E-state index contributed by atoms with van der Waals surface area (Å²) in [4.78, 5) is 11.9. The summed E-state index contributed by atoms with van der Waals surface area (Å²) in [6.07, 6.45) is 5.11. The standard InChI is InChI=1S/C17H13N3O/c18-11-12-4-7-15(8-5-12)19-17(21)20-16-9-6-13-2-1-3-14(13)10-16/h1,3-10H,2H2,(H2,19,20,21). The number of nitrogens with zero attached hydrogens (tertiary/aromatic N) is 1. The van der Waals surface area contributed by atoms with Gasteiger partial charge in [0.05, 0.1) is 11.6 Å². The van der Waals surface area contributed by atoms with Gasteiger partial charge in [-0.05, 0) is 53.9 Å². The molecule has 2 amide bonds. The zero-order valence-corrected chi connectivity index (χ0v) is 11.3. The summed E-state index contributed by atoms with van der Waals surface area (Å²) < 4.78 is 0. The van der Waals surface area contributed by atoms with Crippen molar-refractivity contribution in [3.63, 3.8) is 0 Å². The fourth-order valence-corrected chi connectivity index (χ4v) is 2.25. The van der Waals surface area contributed by atoms with Crippen molar-refractivity contribution < 1.29 is 4.79 Å². The number of nitriles is 1. The summed E-state index contributed by atoms with van der Waals surface area (Å²) in [7, 11) is 0. The molecular formula is C17H13N3O. The van der Waals surface area contributed by atoms with Crippen LogP contribution in [0, 0.1) is 11.3 Å². The highest BCUT2D eigenvalue weighted by Gasteiger charge is 2.07. The highest BCUT2D eigenvalue weighted by Crippen LogP contribution is 2.23. The number of nitrogens with one attached hydrogen (secondary N) is 2. The molecule has 0 aromatic heterocycles. The molecule has 3 rings (SSSR count). The number of allylic oxidation sites excluding steroid dienone is 1. The largest absolute Gasteiger partial charge is 0.323 e. The molecule has 0 fully saturated rings. The van der Waals surface area contributed by atoms with Crippen molar-refractivity contribution in [2.24, 2.45) is 0 Å². The van der Waals surface area contributed by atoms with Crippen LogP contribution in [0.5, 0.6) is 0 Å². The van der Waals surface area contributed by atoms with E-state index in [1.807, 2.05) is 24.3 Å². The number of benzene rings is 2. The van der Waals surface area contributed by atoms with E-state index < -0.39 is 0 Å². The van der Waals surface area contributed by atoms with Crippen LogP contribution in [-0.4, -0.2) is 6.03 Å². The van der Waals surface area contributed by atoms with E-state index in [1.165, 1.54) is 5.56 Å². The average molecular weight is 275 g/mol. The van der Waals surface area contributed by atoms with Crippen molar-refractivity contribution in [3.05, 3.63) is 65.2 Å². The van der Waals surface area contributed by atoms with E-state index >= 15 is 0 Å². The Morgan fingerprint density at radius 3 is 2.52 bits per heavy atom. The molecular weight excluding hydrogens is 262 g/mol. The Balaban J connectivity index is 1.66. The third kappa shape index (κ3) is 2.93. The zero-order chi connectivity index (χ0) is 14.7. The molecule has 0 unspecified atom stereocenters. The lowest BCUT2D eigenvalue weighted by molar-refractivity contribution is 0.262. The van der Waals surface area contributed by atoms with Crippen LogP contribution in [0.15, 0.2) is 48.5 Å². The molecule has 0 heterocycles. The van der Waals surface area contributed by atoms with Gasteiger partial charge in [0.2, 0.25) is 0 Å². The summed E-state index contributed by atoms with van der Waals surface area (Å²) >= 11 is 0. The molecule has 0 atom stereocenters. The maximum Gasteiger partial charge on any atom is 0.323 e. The molecule has 2 aromatic carbocycles. The minimum absolute atomic E-state index is 0.304. The van der Waals surface area contributed by atoms with E-state index in [1.54, 1.807) is 24.3 Å². The van der Waals surface area contributed by atoms with Crippen LogP contribution in [-0.2, 0) is 6.42 Å². The van der Waals surface area contributed by atoms with E-state index in [2.05, 4.69) is 22.8 Å². The van der Waals surface area contributed by atoms with E-state index in [9.17, 15) is 4.79 Å². The molecule has 0 radical (unpaired) electrons. The van der Waals surface area contributed by atoms with Gasteiger partial charge in [-0.25, -0.2) is 4.79 Å². The van der Waals surface area contributed by atoms with Gasteiger partial charge in [0.25, 0.3) is 0 Å². The summed E-state index contributed by atoms with van der Waals surface area (Å²) in [6.45, 7) is 0. The van der Waals surface area contributed by atoms with E-state index in [-0.39, 0.29) is 6.03 Å². The lowest BCUT2D eigenvalue weighted by Crippen LogP contribution is -2.19. The predicted octanol–water partition coefficient (Wildman–Crippen LogP) is 3.77. The van der Waals surface area contributed by atoms with Gasteiger partial charge < -0.3 is 10.6 Å². The lowest BCUT2D eigenvalue weighted by Gasteiger charge is -2.09. The highest BCUT2D eigenvalue weighted by atomic mass is 16.2. The Labute approximate surface area is 122 Å². The molecule has 0 spiro atoms. The van der Waals surface area contributed by atoms with E-state index in [0.29, 0.717) is 11.3 Å². The second-order valence-electron chi connectivity index (χ2n) is 4.79. The van der Waals surface area contributed by atoms with Crippen LogP contribution in [0.25, 0.3) is 6.08 Å². The highest BCUT2D eigenvalue weighted by molar-refractivity contribution is 6.00. The van der Waals surface area contributed by atoms with Crippen molar-refractivity contribution in [3.8, 4) is 6.07 Å². The molecule has 0 bridgehead atoms. The number of fused-ring (bicyclic) bond motifs is 1. The van der Waals surface area contributed by atoms with Gasteiger partial charge in [0, 0.05) is 11.4 Å². The van der Waals surface area contributed by atoms with E-state index in [4.69, 9.17) is 5.26 Å². The van der Waals surface area contributed by atoms with Gasteiger partial charge >= 0.3 is 6.03 Å². The first-order valence-electron chi connectivity index (χ1n) is 6.62. The molecule has 1 aliphatic carbocycles. The van der Waals surface area contributed by atoms with Gasteiger partial charge in [-0.1, -0.05) is 18.2 Å². The van der Waals surface area contributed by atoms with Gasteiger partial charge in [0.15, 0.2) is 0 Å². The molecule has 0 saturated carbocycles. The maximum absolute atomic E-state index is 11.9. The molecule has 4 nitrogen and oxygen atoms in total. The molecule has 1 aliphatic rings. The number of carbonyl (C=O) groups is 1. The summed E-state index contributed by atoms with van der Waals surface area (Å²) in [6, 6.07) is 14.3. The van der Waals surface area contributed by atoms with Gasteiger partial charge in [0.1, 0.15) is 0 Å². The number of hydrogen-bond acceptors (Lipinski definition) is 2. The second-order valence-corrected chi connectivity index (χ2v) is 4.79. The molecule has 102 valence electrons. The van der Waals surface area contributed by atoms with Crippen molar-refractivity contribution in [2.75, 3.05) is 10.6 Å². The van der Waals surface area contributed by atoms with Crippen LogP contribution in [0.3, 0.4) is 0 Å². The smallest absolute Gasteiger partial charge is 0.308 e. The summed E-state index contributed by atoms with van der Waals surface area (Å²) in [5.74, 6) is 0. The first kappa shape index (κ1) is 12.9. The van der Waals surface area contributed by atoms with Gasteiger partial charge in [-0.2, -0.15) is 5.26 Å². The molecule has 0 aliphatic heterocycles. The predicted molar refractivity (Wildman–Crippen MR) is 83.0 cm³/mol. The van der Waals surface area contributed by atoms with Gasteiger partial charge in [-0.15, -0.1) is 0 Å². The number of rotatable bonds is 2. The first-order chi connectivity index (χ1) is 10.2. The van der Waals surface area contributed by atoms with Crippen molar-refractivity contribution in [1.29, 1.82) is 5.26 Å². The summed E-state index contributed by atoms with van der Waals surface area (Å²) in [5.41, 5.74) is 4.38. The number of amides is 2. The normalized spacial score (nSPS) is 11.6. The first-order valence-corrected chi connectivity index (χ1v) is 6.62. The van der Waals surface area contributed by atoms with Crippen molar-refractivity contribution >= 4 is 23.5 Å². The lowest BCUT2D eigenvalue weighted by atomic mass is 10.1. The Kier molecular flexibility index (Phi) is 3.40. The topological polar surface area (TPSA) is 64.9 Å². The maximum atomic E-state index is 11.9. The third-order valence-corrected chi connectivity index (χ3v) is 3.31. The number of anilines is 2. The molecule has 2 aromatic rings. The Morgan fingerprint density at radius 1 is 1.05 bits per heavy atom. The van der Waals surface area contributed by atoms with Crippen LogP contribution < -0.4 is 10.6 Å². The van der Waals surface area contributed by atoms with Crippen LogP contribution in [0.4, 0.5) is 16.2 Å². The molecule has 4 heteroatoms. The minimum Gasteiger partial charge on any atom is -0.308 e. The number of urea groups is 1. The Hall–Kier alpha value is -3.06. The molecule has 0 saturated heterocycles. The van der Waals surface area contributed by atoms with Crippen LogP contribution >= 0.6 is 0 Å².